The molecule has 0 spiro atoms. The van der Waals surface area contributed by atoms with Gasteiger partial charge in [-0.25, -0.2) is 0 Å². The van der Waals surface area contributed by atoms with Gasteiger partial charge in [-0.1, -0.05) is 79.4 Å². The van der Waals surface area contributed by atoms with Crippen molar-refractivity contribution in [2.45, 2.75) is 13.8 Å². The van der Waals surface area contributed by atoms with Crippen LogP contribution in [0.2, 0.25) is 0 Å². The van der Waals surface area contributed by atoms with Gasteiger partial charge in [0.15, 0.2) is 0 Å². The van der Waals surface area contributed by atoms with Crippen molar-refractivity contribution in [1.82, 2.24) is 4.98 Å². The van der Waals surface area contributed by atoms with E-state index in [1.807, 2.05) is 6.08 Å². The van der Waals surface area contributed by atoms with Crippen LogP contribution in [-0.2, 0) is 0 Å². The third-order valence-corrected chi connectivity index (χ3v) is 6.78. The van der Waals surface area contributed by atoms with Crippen molar-refractivity contribution in [2.24, 2.45) is 0 Å². The van der Waals surface area contributed by atoms with E-state index < -0.39 is 0 Å². The number of aromatic nitrogens is 1. The average Bonchev–Trinajstić information content (AvgIpc) is 3.20. The summed E-state index contributed by atoms with van der Waals surface area (Å²) in [7, 11) is 0. The van der Waals surface area contributed by atoms with Gasteiger partial charge in [0.1, 0.15) is 0 Å². The highest BCUT2D eigenvalue weighted by Gasteiger charge is 2.13. The van der Waals surface area contributed by atoms with Crippen LogP contribution < -0.4 is 0 Å². The second kappa shape index (κ2) is 7.50. The molecule has 158 valence electrons. The van der Waals surface area contributed by atoms with Crippen LogP contribution in [-0.4, -0.2) is 4.98 Å². The first-order valence-corrected chi connectivity index (χ1v) is 11.4. The number of H-pyrrole nitrogens is 1. The molecule has 0 amide bonds. The Labute approximate surface area is 194 Å². The number of aromatic amines is 1. The summed E-state index contributed by atoms with van der Waals surface area (Å²) in [5.74, 6) is 0. The zero-order valence-electron chi connectivity index (χ0n) is 18.9. The van der Waals surface area contributed by atoms with Crippen molar-refractivity contribution in [3.8, 4) is 22.3 Å². The molecular weight excluding hydrogens is 398 g/mol. The van der Waals surface area contributed by atoms with Gasteiger partial charge in [-0.3, -0.25) is 0 Å². The van der Waals surface area contributed by atoms with Gasteiger partial charge in [-0.2, -0.15) is 0 Å². The van der Waals surface area contributed by atoms with Crippen LogP contribution in [0.15, 0.2) is 97.6 Å². The number of nitrogens with one attached hydrogen (secondary N) is 1. The molecule has 0 aliphatic rings. The Morgan fingerprint density at radius 2 is 1.48 bits per heavy atom. The van der Waals surface area contributed by atoms with Gasteiger partial charge >= 0.3 is 0 Å². The lowest BCUT2D eigenvalue weighted by molar-refractivity contribution is 1.46. The fraction of sp³-hybridized carbons (Fsp3) is 0.0625. The van der Waals surface area contributed by atoms with Gasteiger partial charge < -0.3 is 4.98 Å². The van der Waals surface area contributed by atoms with Crippen molar-refractivity contribution in [3.63, 3.8) is 0 Å². The lowest BCUT2D eigenvalue weighted by atomic mass is 9.88. The molecule has 6 rings (SSSR count). The van der Waals surface area contributed by atoms with Gasteiger partial charge in [-0.15, -0.1) is 0 Å². The first-order valence-electron chi connectivity index (χ1n) is 11.4. The van der Waals surface area contributed by atoms with Crippen LogP contribution in [0.4, 0.5) is 0 Å². The quantitative estimate of drug-likeness (QED) is 0.292. The molecule has 1 heteroatoms. The Morgan fingerprint density at radius 1 is 0.667 bits per heavy atom. The highest BCUT2D eigenvalue weighted by atomic mass is 14.7. The van der Waals surface area contributed by atoms with E-state index in [0.717, 1.165) is 5.56 Å². The number of aryl methyl sites for hydroxylation is 2. The van der Waals surface area contributed by atoms with Crippen LogP contribution in [0.5, 0.6) is 0 Å². The van der Waals surface area contributed by atoms with Gasteiger partial charge in [0, 0.05) is 21.8 Å². The van der Waals surface area contributed by atoms with E-state index in [9.17, 15) is 0 Å². The van der Waals surface area contributed by atoms with E-state index in [1.165, 1.54) is 66.0 Å². The van der Waals surface area contributed by atoms with E-state index in [2.05, 4.69) is 116 Å². The van der Waals surface area contributed by atoms with Crippen molar-refractivity contribution in [2.75, 3.05) is 0 Å². The highest BCUT2D eigenvalue weighted by Crippen LogP contribution is 2.38. The van der Waals surface area contributed by atoms with Gasteiger partial charge in [0.2, 0.25) is 0 Å². The maximum absolute atomic E-state index is 4.09. The third kappa shape index (κ3) is 3.16. The van der Waals surface area contributed by atoms with Crippen molar-refractivity contribution in [3.05, 3.63) is 114 Å². The van der Waals surface area contributed by atoms with Crippen LogP contribution in [0.25, 0.3) is 60.9 Å². The molecular formula is C32H25N. The van der Waals surface area contributed by atoms with E-state index in [4.69, 9.17) is 0 Å². The summed E-state index contributed by atoms with van der Waals surface area (Å²) >= 11 is 0. The monoisotopic (exact) mass is 423 g/mol. The molecule has 0 fully saturated rings. The first-order chi connectivity index (χ1) is 16.1. The van der Waals surface area contributed by atoms with Crippen LogP contribution in [0.1, 0.15) is 16.7 Å². The molecule has 0 radical (unpaired) electrons. The largest absolute Gasteiger partial charge is 0.355 e. The molecule has 6 aromatic rings. The predicted molar refractivity (Wildman–Crippen MR) is 144 cm³/mol. The molecule has 0 unspecified atom stereocenters. The molecule has 0 bridgehead atoms. The Balaban J connectivity index is 1.57. The Hall–Kier alpha value is -4.10. The van der Waals surface area contributed by atoms with Crippen LogP contribution in [0, 0.1) is 13.8 Å². The van der Waals surface area contributed by atoms with Crippen LogP contribution in [0.3, 0.4) is 0 Å². The first kappa shape index (κ1) is 19.6. The molecule has 0 saturated carbocycles. The summed E-state index contributed by atoms with van der Waals surface area (Å²) < 4.78 is 0. The standard InChI is InChI=1S/C32H25N/c1-4-22-12-13-23-7-5-6-8-26(23)32(22)28-18-24(11-10-21(28)3)25-14-16-30-29(19-25)27-15-9-20(2)17-31(27)33-30/h4-19,33H,1H2,2-3H3. The van der Waals surface area contributed by atoms with E-state index >= 15 is 0 Å². The average molecular weight is 424 g/mol. The minimum Gasteiger partial charge on any atom is -0.355 e. The molecule has 0 atom stereocenters. The van der Waals surface area contributed by atoms with Gasteiger partial charge in [0.05, 0.1) is 0 Å². The second-order valence-electron chi connectivity index (χ2n) is 8.92. The van der Waals surface area contributed by atoms with E-state index in [1.54, 1.807) is 0 Å². The number of fused-ring (bicyclic) bond motifs is 4. The molecule has 0 saturated heterocycles. The Bertz CT molecular complexity index is 1700. The van der Waals surface area contributed by atoms with E-state index in [0.29, 0.717) is 0 Å². The van der Waals surface area contributed by atoms with Crippen molar-refractivity contribution in [1.29, 1.82) is 0 Å². The summed E-state index contributed by atoms with van der Waals surface area (Å²) in [4.78, 5) is 3.57. The molecule has 1 heterocycles. The Kier molecular flexibility index (Phi) is 4.45. The van der Waals surface area contributed by atoms with Crippen molar-refractivity contribution < 1.29 is 0 Å². The third-order valence-electron chi connectivity index (χ3n) is 6.78. The summed E-state index contributed by atoms with van der Waals surface area (Å²) in [6.07, 6.45) is 1.97. The lowest BCUT2D eigenvalue weighted by Crippen LogP contribution is -1.91. The minimum atomic E-state index is 1.16. The summed E-state index contributed by atoms with van der Waals surface area (Å²) in [5.41, 5.74) is 11.0. The fourth-order valence-electron chi connectivity index (χ4n) is 5.03. The molecule has 1 aromatic heterocycles. The maximum atomic E-state index is 4.09. The summed E-state index contributed by atoms with van der Waals surface area (Å²) in [5, 5.41) is 5.05. The molecule has 0 aliphatic carbocycles. The van der Waals surface area contributed by atoms with Crippen molar-refractivity contribution >= 4 is 38.7 Å². The van der Waals surface area contributed by atoms with Crippen LogP contribution >= 0.6 is 0 Å². The SMILES string of the molecule is C=Cc1ccc2ccccc2c1-c1cc(-c2ccc3[nH]c4cc(C)ccc4c3c2)ccc1C. The number of benzene rings is 5. The molecule has 0 aliphatic heterocycles. The van der Waals surface area contributed by atoms with Gasteiger partial charge in [0.25, 0.3) is 0 Å². The normalized spacial score (nSPS) is 11.5. The molecule has 1 N–H and O–H groups in total. The molecule has 33 heavy (non-hydrogen) atoms. The number of hydrogen-bond donors (Lipinski definition) is 1. The summed E-state index contributed by atoms with van der Waals surface area (Å²) in [6.45, 7) is 8.42. The zero-order chi connectivity index (χ0) is 22.5. The summed E-state index contributed by atoms with van der Waals surface area (Å²) in [6, 6.07) is 33.1. The number of rotatable bonds is 3. The smallest absolute Gasteiger partial charge is 0.0467 e. The predicted octanol–water partition coefficient (Wildman–Crippen LogP) is 9.07. The lowest BCUT2D eigenvalue weighted by Gasteiger charge is -2.15. The van der Waals surface area contributed by atoms with E-state index in [-0.39, 0.29) is 0 Å². The topological polar surface area (TPSA) is 15.8 Å². The maximum Gasteiger partial charge on any atom is 0.0467 e. The fourth-order valence-corrected chi connectivity index (χ4v) is 5.03. The highest BCUT2D eigenvalue weighted by molar-refractivity contribution is 6.09. The molecule has 1 nitrogen and oxygen atoms in total. The second-order valence-corrected chi connectivity index (χ2v) is 8.92. The number of hydrogen-bond acceptors (Lipinski definition) is 0. The zero-order valence-corrected chi connectivity index (χ0v) is 18.9. The molecule has 5 aromatic carbocycles. The minimum absolute atomic E-state index is 1.16. The Morgan fingerprint density at radius 3 is 2.36 bits per heavy atom. The van der Waals surface area contributed by atoms with Gasteiger partial charge in [-0.05, 0) is 87.8 Å².